The molecule has 1 atom stereocenters. The van der Waals surface area contributed by atoms with Gasteiger partial charge < -0.3 is 15.8 Å². The summed E-state index contributed by atoms with van der Waals surface area (Å²) in [5.41, 5.74) is 6.01. The quantitative estimate of drug-likeness (QED) is 0.811. The number of carbonyl (C=O) groups is 1. The first-order valence-electron chi connectivity index (χ1n) is 8.47. The van der Waals surface area contributed by atoms with Crippen LogP contribution in [0.2, 0.25) is 0 Å². The maximum Gasteiger partial charge on any atom is 0.231 e. The second-order valence-corrected chi connectivity index (χ2v) is 6.25. The lowest BCUT2D eigenvalue weighted by atomic mass is 9.73. The Balaban J connectivity index is 2.20. The van der Waals surface area contributed by atoms with Gasteiger partial charge >= 0.3 is 0 Å². The van der Waals surface area contributed by atoms with Crippen LogP contribution in [0.3, 0.4) is 0 Å². The molecule has 4 nitrogen and oxygen atoms in total. The van der Waals surface area contributed by atoms with Crippen molar-refractivity contribution >= 4 is 5.91 Å². The van der Waals surface area contributed by atoms with E-state index in [1.54, 1.807) is 12.1 Å². The fourth-order valence-electron chi connectivity index (χ4n) is 3.16. The molecule has 1 fully saturated rings. The Kier molecular flexibility index (Phi) is 6.54. The molecule has 1 aliphatic rings. The minimum atomic E-state index is -0.647. The topological polar surface area (TPSA) is 64.3 Å². The van der Waals surface area contributed by atoms with E-state index in [0.29, 0.717) is 32.6 Å². The number of ether oxygens (including phenoxy) is 1. The summed E-state index contributed by atoms with van der Waals surface area (Å²) < 4.78 is 18.7. The Hall–Kier alpha value is -1.46. The molecule has 5 heteroatoms. The third-order valence-electron chi connectivity index (χ3n) is 4.70. The summed E-state index contributed by atoms with van der Waals surface area (Å²) in [4.78, 5) is 13.0. The number of amides is 1. The molecule has 1 aromatic carbocycles. The van der Waals surface area contributed by atoms with Crippen molar-refractivity contribution in [1.82, 2.24) is 5.32 Å². The van der Waals surface area contributed by atoms with E-state index in [-0.39, 0.29) is 17.8 Å². The molecule has 0 radical (unpaired) electrons. The molecule has 1 aliphatic heterocycles. The van der Waals surface area contributed by atoms with Crippen molar-refractivity contribution in [2.45, 2.75) is 50.5 Å². The second-order valence-electron chi connectivity index (χ2n) is 6.25. The van der Waals surface area contributed by atoms with E-state index >= 15 is 0 Å². The highest BCUT2D eigenvalue weighted by Crippen LogP contribution is 2.35. The fourth-order valence-corrected chi connectivity index (χ4v) is 3.16. The maximum atomic E-state index is 13.2. The van der Waals surface area contributed by atoms with Crippen LogP contribution in [0.5, 0.6) is 0 Å². The van der Waals surface area contributed by atoms with Crippen molar-refractivity contribution in [2.24, 2.45) is 5.73 Å². The lowest BCUT2D eigenvalue weighted by Gasteiger charge is -2.37. The lowest BCUT2D eigenvalue weighted by molar-refractivity contribution is -0.131. The van der Waals surface area contributed by atoms with Gasteiger partial charge in [-0.3, -0.25) is 4.79 Å². The minimum Gasteiger partial charge on any atom is -0.381 e. The zero-order valence-electron chi connectivity index (χ0n) is 13.8. The summed E-state index contributed by atoms with van der Waals surface area (Å²) in [6, 6.07) is 6.24. The molecule has 0 saturated carbocycles. The van der Waals surface area contributed by atoms with Crippen LogP contribution < -0.4 is 11.1 Å². The van der Waals surface area contributed by atoms with Crippen molar-refractivity contribution in [1.29, 1.82) is 0 Å². The molecule has 1 amide bonds. The summed E-state index contributed by atoms with van der Waals surface area (Å²) in [6.07, 6.45) is 4.21. The molecule has 0 bridgehead atoms. The normalized spacial score (nSPS) is 18.4. The molecule has 2 rings (SSSR count). The molecule has 1 aromatic rings. The van der Waals surface area contributed by atoms with Crippen LogP contribution >= 0.6 is 0 Å². The van der Waals surface area contributed by atoms with Gasteiger partial charge in [-0.15, -0.1) is 0 Å². The zero-order valence-corrected chi connectivity index (χ0v) is 13.8. The summed E-state index contributed by atoms with van der Waals surface area (Å²) in [7, 11) is 0. The first-order valence-corrected chi connectivity index (χ1v) is 8.47. The molecule has 1 saturated heterocycles. The van der Waals surface area contributed by atoms with Crippen LogP contribution in [0, 0.1) is 5.82 Å². The summed E-state index contributed by atoms with van der Waals surface area (Å²) in [6.45, 7) is 3.62. The van der Waals surface area contributed by atoms with Crippen molar-refractivity contribution in [3.8, 4) is 0 Å². The van der Waals surface area contributed by atoms with Gasteiger partial charge in [0.15, 0.2) is 0 Å². The van der Waals surface area contributed by atoms with E-state index in [4.69, 9.17) is 10.5 Å². The van der Waals surface area contributed by atoms with Gasteiger partial charge in [0.1, 0.15) is 5.82 Å². The number of nitrogens with one attached hydrogen (secondary N) is 1. The van der Waals surface area contributed by atoms with E-state index in [0.717, 1.165) is 24.8 Å². The summed E-state index contributed by atoms with van der Waals surface area (Å²) in [5.74, 6) is -0.307. The SMILES string of the molecule is CCCCC(CN)NC(=O)C1(c2ccc(F)cc2)CCOCC1. The van der Waals surface area contributed by atoms with Crippen molar-refractivity contribution in [3.63, 3.8) is 0 Å². The predicted octanol–water partition coefficient (Wildman–Crippen LogP) is 2.51. The number of carbonyl (C=O) groups excluding carboxylic acids is 1. The molecule has 3 N–H and O–H groups in total. The van der Waals surface area contributed by atoms with Gasteiger partial charge in [-0.25, -0.2) is 4.39 Å². The molecule has 0 aliphatic carbocycles. The molecule has 0 aromatic heterocycles. The van der Waals surface area contributed by atoms with Crippen LogP contribution in [0.15, 0.2) is 24.3 Å². The highest BCUT2D eigenvalue weighted by molar-refractivity contribution is 5.88. The Morgan fingerprint density at radius 3 is 2.57 bits per heavy atom. The number of unbranched alkanes of at least 4 members (excludes halogenated alkanes) is 1. The smallest absolute Gasteiger partial charge is 0.231 e. The highest BCUT2D eigenvalue weighted by Gasteiger charge is 2.42. The number of hydrogen-bond acceptors (Lipinski definition) is 3. The first kappa shape index (κ1) is 17.9. The lowest BCUT2D eigenvalue weighted by Crippen LogP contribution is -2.52. The van der Waals surface area contributed by atoms with E-state index in [9.17, 15) is 9.18 Å². The Morgan fingerprint density at radius 2 is 2.00 bits per heavy atom. The monoisotopic (exact) mass is 322 g/mol. The third-order valence-corrected chi connectivity index (χ3v) is 4.70. The van der Waals surface area contributed by atoms with Gasteiger partial charge in [0.05, 0.1) is 5.41 Å². The average Bonchev–Trinajstić information content (AvgIpc) is 2.59. The molecule has 0 spiro atoms. The first-order chi connectivity index (χ1) is 11.1. The standard InChI is InChI=1S/C18H27FN2O2/c1-2-3-4-16(13-20)21-17(22)18(9-11-23-12-10-18)14-5-7-15(19)8-6-14/h5-8,16H,2-4,9-13,20H2,1H3,(H,21,22). The number of halogens is 1. The number of benzene rings is 1. The van der Waals surface area contributed by atoms with Crippen molar-refractivity contribution in [3.05, 3.63) is 35.6 Å². The van der Waals surface area contributed by atoms with Crippen LogP contribution in [0.1, 0.15) is 44.6 Å². The number of rotatable bonds is 7. The molecule has 23 heavy (non-hydrogen) atoms. The number of hydrogen-bond donors (Lipinski definition) is 2. The van der Waals surface area contributed by atoms with Crippen LogP contribution in [-0.4, -0.2) is 31.7 Å². The minimum absolute atomic E-state index is 0.0115. The molecular formula is C18H27FN2O2. The van der Waals surface area contributed by atoms with Crippen LogP contribution in [0.4, 0.5) is 4.39 Å². The van der Waals surface area contributed by atoms with Gasteiger partial charge in [-0.1, -0.05) is 31.9 Å². The van der Waals surface area contributed by atoms with Gasteiger partial charge in [-0.2, -0.15) is 0 Å². The average molecular weight is 322 g/mol. The van der Waals surface area contributed by atoms with Gasteiger partial charge in [0, 0.05) is 25.8 Å². The van der Waals surface area contributed by atoms with E-state index < -0.39 is 5.41 Å². The maximum absolute atomic E-state index is 13.2. The summed E-state index contributed by atoms with van der Waals surface area (Å²) in [5, 5.41) is 3.11. The Labute approximate surface area is 137 Å². The summed E-state index contributed by atoms with van der Waals surface area (Å²) >= 11 is 0. The number of nitrogens with two attached hydrogens (primary N) is 1. The largest absolute Gasteiger partial charge is 0.381 e. The molecule has 1 heterocycles. The molecule has 128 valence electrons. The van der Waals surface area contributed by atoms with E-state index in [2.05, 4.69) is 12.2 Å². The van der Waals surface area contributed by atoms with Gasteiger partial charge in [-0.05, 0) is 37.0 Å². The Bertz CT molecular complexity index is 498. The Morgan fingerprint density at radius 1 is 1.35 bits per heavy atom. The second kappa shape index (κ2) is 8.41. The van der Waals surface area contributed by atoms with E-state index in [1.165, 1.54) is 12.1 Å². The van der Waals surface area contributed by atoms with Crippen molar-refractivity contribution in [2.75, 3.05) is 19.8 Å². The van der Waals surface area contributed by atoms with Crippen LogP contribution in [-0.2, 0) is 14.9 Å². The molecular weight excluding hydrogens is 295 g/mol. The zero-order chi connectivity index (χ0) is 16.7. The highest BCUT2D eigenvalue weighted by atomic mass is 19.1. The van der Waals surface area contributed by atoms with Gasteiger partial charge in [0.2, 0.25) is 5.91 Å². The predicted molar refractivity (Wildman–Crippen MR) is 88.6 cm³/mol. The van der Waals surface area contributed by atoms with Gasteiger partial charge in [0.25, 0.3) is 0 Å². The van der Waals surface area contributed by atoms with E-state index in [1.807, 2.05) is 0 Å². The third kappa shape index (κ3) is 4.30. The fraction of sp³-hybridized carbons (Fsp3) is 0.611. The van der Waals surface area contributed by atoms with Crippen LogP contribution in [0.25, 0.3) is 0 Å². The molecule has 1 unspecified atom stereocenters. The van der Waals surface area contributed by atoms with Crippen molar-refractivity contribution < 1.29 is 13.9 Å².